The zero-order valence-electron chi connectivity index (χ0n) is 8.75. The maximum absolute atomic E-state index is 10.8. The van der Waals surface area contributed by atoms with Crippen LogP contribution in [0.4, 0.5) is 0 Å². The molecule has 3 heteroatoms. The van der Waals surface area contributed by atoms with Crippen LogP contribution >= 0.6 is 0 Å². The molecule has 1 atom stereocenters. The van der Waals surface area contributed by atoms with Gasteiger partial charge in [0, 0.05) is 35.9 Å². The first-order chi connectivity index (χ1) is 6.70. The van der Waals surface area contributed by atoms with E-state index in [1.54, 1.807) is 6.26 Å². The summed E-state index contributed by atoms with van der Waals surface area (Å²) in [7, 11) is -0.691. The van der Waals surface area contributed by atoms with Crippen LogP contribution in [-0.4, -0.2) is 22.8 Å². The average molecular weight is 211 g/mol. The van der Waals surface area contributed by atoms with Crippen molar-refractivity contribution in [2.75, 3.05) is 18.6 Å². The van der Waals surface area contributed by atoms with E-state index < -0.39 is 10.8 Å². The molecule has 0 aliphatic carbocycles. The normalized spacial score (nSPS) is 12.7. The van der Waals surface area contributed by atoms with E-state index >= 15 is 0 Å². The maximum atomic E-state index is 10.8. The SMILES string of the molecule is Cc1ccccc1CNCC[S@@](C)=O. The van der Waals surface area contributed by atoms with Gasteiger partial charge in [0.2, 0.25) is 0 Å². The third kappa shape index (κ3) is 4.03. The number of benzene rings is 1. The van der Waals surface area contributed by atoms with Crippen molar-refractivity contribution in [2.24, 2.45) is 0 Å². The summed E-state index contributed by atoms with van der Waals surface area (Å²) in [6.45, 7) is 3.79. The van der Waals surface area contributed by atoms with E-state index in [0.717, 1.165) is 18.8 Å². The molecule has 1 aromatic rings. The molecule has 0 fully saturated rings. The Morgan fingerprint density at radius 1 is 1.36 bits per heavy atom. The number of aryl methyl sites for hydroxylation is 1. The standard InChI is InChI=1S/C11H17NOS/c1-10-5-3-4-6-11(10)9-12-7-8-14(2)13/h3-6,12H,7-9H2,1-2H3/t14-/m1/s1. The smallest absolute Gasteiger partial charge is 0.0357 e. The Morgan fingerprint density at radius 3 is 2.71 bits per heavy atom. The predicted octanol–water partition coefficient (Wildman–Crippen LogP) is 1.46. The van der Waals surface area contributed by atoms with Crippen LogP contribution < -0.4 is 5.32 Å². The van der Waals surface area contributed by atoms with E-state index in [4.69, 9.17) is 0 Å². The number of rotatable bonds is 5. The first kappa shape index (κ1) is 11.4. The van der Waals surface area contributed by atoms with E-state index in [2.05, 4.69) is 24.4 Å². The molecule has 0 spiro atoms. The molecule has 0 saturated heterocycles. The highest BCUT2D eigenvalue weighted by atomic mass is 32.2. The minimum absolute atomic E-state index is 0.691. The highest BCUT2D eigenvalue weighted by Crippen LogP contribution is 2.05. The van der Waals surface area contributed by atoms with Crippen LogP contribution in [0.1, 0.15) is 11.1 Å². The van der Waals surface area contributed by atoms with E-state index in [9.17, 15) is 4.21 Å². The van der Waals surface area contributed by atoms with Crippen LogP contribution in [0.2, 0.25) is 0 Å². The van der Waals surface area contributed by atoms with Crippen molar-refractivity contribution < 1.29 is 4.21 Å². The summed E-state index contributed by atoms with van der Waals surface area (Å²) in [4.78, 5) is 0. The minimum Gasteiger partial charge on any atom is -0.312 e. The van der Waals surface area contributed by atoms with Gasteiger partial charge >= 0.3 is 0 Å². The first-order valence-corrected chi connectivity index (χ1v) is 6.48. The molecule has 0 unspecified atom stereocenters. The lowest BCUT2D eigenvalue weighted by Gasteiger charge is -2.06. The number of hydrogen-bond acceptors (Lipinski definition) is 2. The van der Waals surface area contributed by atoms with Gasteiger partial charge in [-0.15, -0.1) is 0 Å². The van der Waals surface area contributed by atoms with Gasteiger partial charge in [0.25, 0.3) is 0 Å². The van der Waals surface area contributed by atoms with Crippen molar-refractivity contribution in [1.29, 1.82) is 0 Å². The predicted molar refractivity (Wildman–Crippen MR) is 61.8 cm³/mol. The summed E-state index contributed by atoms with van der Waals surface area (Å²) in [5, 5.41) is 3.28. The molecule has 0 heterocycles. The molecule has 0 aliphatic heterocycles. The summed E-state index contributed by atoms with van der Waals surface area (Å²) in [6, 6.07) is 8.31. The fourth-order valence-electron chi connectivity index (χ4n) is 1.25. The van der Waals surface area contributed by atoms with Crippen LogP contribution in [0, 0.1) is 6.92 Å². The van der Waals surface area contributed by atoms with Crippen LogP contribution in [0.25, 0.3) is 0 Å². The lowest BCUT2D eigenvalue weighted by atomic mass is 10.1. The molecule has 0 amide bonds. The van der Waals surface area contributed by atoms with Crippen LogP contribution in [0.5, 0.6) is 0 Å². The van der Waals surface area contributed by atoms with Gasteiger partial charge in [0.15, 0.2) is 0 Å². The van der Waals surface area contributed by atoms with E-state index in [1.165, 1.54) is 11.1 Å². The molecule has 0 bridgehead atoms. The number of hydrogen-bond donors (Lipinski definition) is 1. The van der Waals surface area contributed by atoms with Crippen LogP contribution in [-0.2, 0) is 17.3 Å². The molecule has 1 N–H and O–H groups in total. The Bertz CT molecular complexity index is 312. The average Bonchev–Trinajstić information content (AvgIpc) is 2.15. The van der Waals surface area contributed by atoms with Crippen molar-refractivity contribution in [1.82, 2.24) is 5.32 Å². The molecule has 1 aromatic carbocycles. The van der Waals surface area contributed by atoms with Crippen LogP contribution in [0.15, 0.2) is 24.3 Å². The second-order valence-corrected chi connectivity index (χ2v) is 4.94. The lowest BCUT2D eigenvalue weighted by molar-refractivity contribution is 0.676. The van der Waals surface area contributed by atoms with Crippen molar-refractivity contribution in [3.05, 3.63) is 35.4 Å². The zero-order valence-corrected chi connectivity index (χ0v) is 9.56. The minimum atomic E-state index is -0.691. The summed E-state index contributed by atoms with van der Waals surface area (Å²) in [5.41, 5.74) is 2.62. The Morgan fingerprint density at radius 2 is 2.07 bits per heavy atom. The summed E-state index contributed by atoms with van der Waals surface area (Å²) in [6.07, 6.45) is 1.73. The van der Waals surface area contributed by atoms with E-state index in [-0.39, 0.29) is 0 Å². The molecule has 0 aromatic heterocycles. The summed E-state index contributed by atoms with van der Waals surface area (Å²) < 4.78 is 10.8. The zero-order chi connectivity index (χ0) is 10.4. The van der Waals surface area contributed by atoms with Crippen molar-refractivity contribution in [2.45, 2.75) is 13.5 Å². The summed E-state index contributed by atoms with van der Waals surface area (Å²) in [5.74, 6) is 0.728. The molecule has 1 rings (SSSR count). The Kier molecular flexibility index (Phi) is 4.84. The fourth-order valence-corrected chi connectivity index (χ4v) is 1.68. The van der Waals surface area contributed by atoms with Gasteiger partial charge in [0.05, 0.1) is 0 Å². The van der Waals surface area contributed by atoms with Gasteiger partial charge in [-0.05, 0) is 18.1 Å². The molecule has 0 saturated carbocycles. The quantitative estimate of drug-likeness (QED) is 0.747. The molecule has 0 radical (unpaired) electrons. The Balaban J connectivity index is 2.31. The Labute approximate surface area is 88.2 Å². The molecular weight excluding hydrogens is 194 g/mol. The van der Waals surface area contributed by atoms with Gasteiger partial charge in [-0.3, -0.25) is 4.21 Å². The largest absolute Gasteiger partial charge is 0.312 e. The van der Waals surface area contributed by atoms with Gasteiger partial charge in [0.1, 0.15) is 0 Å². The van der Waals surface area contributed by atoms with Crippen molar-refractivity contribution >= 4 is 10.8 Å². The topological polar surface area (TPSA) is 29.1 Å². The highest BCUT2D eigenvalue weighted by Gasteiger charge is 1.96. The maximum Gasteiger partial charge on any atom is 0.0357 e. The van der Waals surface area contributed by atoms with Gasteiger partial charge < -0.3 is 5.32 Å². The number of nitrogens with one attached hydrogen (secondary N) is 1. The van der Waals surface area contributed by atoms with Gasteiger partial charge in [-0.1, -0.05) is 24.3 Å². The third-order valence-electron chi connectivity index (χ3n) is 2.14. The van der Waals surface area contributed by atoms with Crippen molar-refractivity contribution in [3.63, 3.8) is 0 Å². The second kappa shape index (κ2) is 5.94. The van der Waals surface area contributed by atoms with E-state index in [1.807, 2.05) is 12.1 Å². The first-order valence-electron chi connectivity index (χ1n) is 4.75. The lowest BCUT2D eigenvalue weighted by Crippen LogP contribution is -2.20. The molecular formula is C11H17NOS. The van der Waals surface area contributed by atoms with Crippen molar-refractivity contribution in [3.8, 4) is 0 Å². The molecule has 2 nitrogen and oxygen atoms in total. The monoisotopic (exact) mass is 211 g/mol. The molecule has 14 heavy (non-hydrogen) atoms. The molecule has 78 valence electrons. The highest BCUT2D eigenvalue weighted by molar-refractivity contribution is 7.84. The van der Waals surface area contributed by atoms with E-state index in [0.29, 0.717) is 0 Å². The second-order valence-electron chi connectivity index (χ2n) is 3.38. The van der Waals surface area contributed by atoms with Crippen LogP contribution in [0.3, 0.4) is 0 Å². The fraction of sp³-hybridized carbons (Fsp3) is 0.455. The Hall–Kier alpha value is -0.670. The molecule has 0 aliphatic rings. The third-order valence-corrected chi connectivity index (χ3v) is 2.92. The summed E-state index contributed by atoms with van der Waals surface area (Å²) >= 11 is 0. The van der Waals surface area contributed by atoms with Gasteiger partial charge in [-0.25, -0.2) is 0 Å². The van der Waals surface area contributed by atoms with Gasteiger partial charge in [-0.2, -0.15) is 0 Å².